The highest BCUT2D eigenvalue weighted by atomic mass is 16.2. The van der Waals surface area contributed by atoms with E-state index in [0.29, 0.717) is 5.41 Å². The summed E-state index contributed by atoms with van der Waals surface area (Å²) in [6.45, 7) is 7.56. The average molecular weight is 292 g/mol. The lowest BCUT2D eigenvalue weighted by Crippen LogP contribution is -2.45. The van der Waals surface area contributed by atoms with Crippen LogP contribution in [0.15, 0.2) is 0 Å². The topological polar surface area (TPSA) is 23.6 Å². The molecule has 0 N–H and O–H groups in total. The molecule has 0 radical (unpaired) electrons. The van der Waals surface area contributed by atoms with Crippen LogP contribution >= 0.6 is 0 Å². The van der Waals surface area contributed by atoms with Crippen LogP contribution in [-0.4, -0.2) is 48.4 Å². The van der Waals surface area contributed by atoms with Crippen LogP contribution in [0, 0.1) is 11.3 Å². The second-order valence-corrected chi connectivity index (χ2v) is 7.86. The molecule has 2 aliphatic heterocycles. The monoisotopic (exact) mass is 292 g/mol. The summed E-state index contributed by atoms with van der Waals surface area (Å²) in [7, 11) is 0. The largest absolute Gasteiger partial charge is 0.342 e. The van der Waals surface area contributed by atoms with Gasteiger partial charge in [0.25, 0.3) is 0 Å². The van der Waals surface area contributed by atoms with Gasteiger partial charge in [0.1, 0.15) is 0 Å². The predicted molar refractivity (Wildman–Crippen MR) is 86.2 cm³/mol. The van der Waals surface area contributed by atoms with Crippen LogP contribution in [0.2, 0.25) is 0 Å². The van der Waals surface area contributed by atoms with Crippen molar-refractivity contribution in [2.75, 3.05) is 32.7 Å². The Kier molecular flexibility index (Phi) is 4.88. The van der Waals surface area contributed by atoms with E-state index >= 15 is 0 Å². The van der Waals surface area contributed by atoms with Crippen molar-refractivity contribution in [1.29, 1.82) is 0 Å². The van der Waals surface area contributed by atoms with Gasteiger partial charge in [-0.2, -0.15) is 0 Å². The fourth-order valence-electron chi connectivity index (χ4n) is 4.88. The lowest BCUT2D eigenvalue weighted by Gasteiger charge is -2.41. The highest BCUT2D eigenvalue weighted by Crippen LogP contribution is 2.39. The zero-order valence-corrected chi connectivity index (χ0v) is 13.8. The normalized spacial score (nSPS) is 32.0. The summed E-state index contributed by atoms with van der Waals surface area (Å²) in [6, 6.07) is 0. The van der Waals surface area contributed by atoms with E-state index < -0.39 is 0 Å². The third kappa shape index (κ3) is 3.80. The Hall–Kier alpha value is -0.570. The maximum Gasteiger partial charge on any atom is 0.219 e. The molecule has 0 aromatic carbocycles. The molecule has 3 nitrogen and oxygen atoms in total. The maximum absolute atomic E-state index is 11.6. The van der Waals surface area contributed by atoms with Gasteiger partial charge < -0.3 is 9.80 Å². The highest BCUT2D eigenvalue weighted by molar-refractivity contribution is 5.73. The van der Waals surface area contributed by atoms with Gasteiger partial charge in [-0.15, -0.1) is 0 Å². The molecule has 120 valence electrons. The molecule has 0 unspecified atom stereocenters. The molecule has 1 aliphatic carbocycles. The van der Waals surface area contributed by atoms with Crippen molar-refractivity contribution in [3.8, 4) is 0 Å². The van der Waals surface area contributed by atoms with Gasteiger partial charge >= 0.3 is 0 Å². The van der Waals surface area contributed by atoms with Crippen molar-refractivity contribution in [2.24, 2.45) is 11.3 Å². The summed E-state index contributed by atoms with van der Waals surface area (Å²) in [6.07, 6.45) is 12.6. The van der Waals surface area contributed by atoms with Gasteiger partial charge in [0.2, 0.25) is 5.91 Å². The van der Waals surface area contributed by atoms with E-state index in [9.17, 15) is 4.79 Å². The van der Waals surface area contributed by atoms with Crippen molar-refractivity contribution in [2.45, 2.75) is 64.7 Å². The van der Waals surface area contributed by atoms with Gasteiger partial charge in [-0.05, 0) is 44.7 Å². The molecule has 1 saturated carbocycles. The Labute approximate surface area is 130 Å². The van der Waals surface area contributed by atoms with E-state index in [0.717, 1.165) is 19.0 Å². The minimum absolute atomic E-state index is 0.270. The molecule has 2 heterocycles. The molecule has 3 rings (SSSR count). The number of hydrogen-bond donors (Lipinski definition) is 0. The summed E-state index contributed by atoms with van der Waals surface area (Å²) >= 11 is 0. The quantitative estimate of drug-likeness (QED) is 0.797. The highest BCUT2D eigenvalue weighted by Gasteiger charge is 2.41. The third-order valence-corrected chi connectivity index (χ3v) is 6.20. The smallest absolute Gasteiger partial charge is 0.219 e. The van der Waals surface area contributed by atoms with Crippen LogP contribution in [-0.2, 0) is 4.79 Å². The number of carbonyl (C=O) groups is 1. The average Bonchev–Trinajstić information content (AvgIpc) is 2.90. The van der Waals surface area contributed by atoms with Crippen LogP contribution in [0.4, 0.5) is 0 Å². The van der Waals surface area contributed by atoms with E-state index in [1.165, 1.54) is 77.4 Å². The second kappa shape index (κ2) is 6.68. The number of nitrogens with zero attached hydrogens (tertiary/aromatic N) is 2. The zero-order valence-electron chi connectivity index (χ0n) is 13.8. The van der Waals surface area contributed by atoms with E-state index in [1.54, 1.807) is 6.92 Å². The van der Waals surface area contributed by atoms with Crippen LogP contribution in [0.5, 0.6) is 0 Å². The summed E-state index contributed by atoms with van der Waals surface area (Å²) in [5.74, 6) is 1.26. The van der Waals surface area contributed by atoms with Crippen LogP contribution in [0.3, 0.4) is 0 Å². The number of rotatable bonds is 3. The first-order valence-electron chi connectivity index (χ1n) is 9.15. The Morgan fingerprint density at radius 3 is 2.57 bits per heavy atom. The first-order valence-corrected chi connectivity index (χ1v) is 9.15. The predicted octanol–water partition coefficient (Wildman–Crippen LogP) is 3.29. The minimum atomic E-state index is 0.270. The van der Waals surface area contributed by atoms with Crippen molar-refractivity contribution >= 4 is 5.91 Å². The lowest BCUT2D eigenvalue weighted by molar-refractivity contribution is -0.128. The fraction of sp³-hybridized carbons (Fsp3) is 0.944. The molecule has 3 heteroatoms. The molecule has 21 heavy (non-hydrogen) atoms. The number of likely N-dealkylation sites (tertiary alicyclic amines) is 2. The van der Waals surface area contributed by atoms with Gasteiger partial charge in [0, 0.05) is 32.0 Å². The molecule has 1 atom stereocenters. The Bertz CT molecular complexity index is 364. The molecule has 0 bridgehead atoms. The van der Waals surface area contributed by atoms with Crippen molar-refractivity contribution in [3.63, 3.8) is 0 Å². The van der Waals surface area contributed by atoms with Gasteiger partial charge in [-0.3, -0.25) is 4.79 Å². The molecule has 3 aliphatic rings. The molecule has 1 amide bonds. The van der Waals surface area contributed by atoms with Crippen molar-refractivity contribution < 1.29 is 4.79 Å². The molecule has 0 aromatic rings. The number of piperidine rings is 1. The van der Waals surface area contributed by atoms with Gasteiger partial charge in [0.15, 0.2) is 0 Å². The Morgan fingerprint density at radius 1 is 1.05 bits per heavy atom. The van der Waals surface area contributed by atoms with Crippen LogP contribution < -0.4 is 0 Å². The molecule has 2 saturated heterocycles. The number of amides is 1. The molecule has 0 aromatic heterocycles. The third-order valence-electron chi connectivity index (χ3n) is 6.20. The SMILES string of the molecule is CC(=O)N1CC[C@]2(CCCN(CCC3CCCCC3)C2)C1. The first kappa shape index (κ1) is 15.3. The van der Waals surface area contributed by atoms with Crippen LogP contribution in [0.25, 0.3) is 0 Å². The zero-order chi connectivity index (χ0) is 14.7. The lowest BCUT2D eigenvalue weighted by atomic mass is 9.79. The minimum Gasteiger partial charge on any atom is -0.342 e. The maximum atomic E-state index is 11.6. The number of carbonyl (C=O) groups excluding carboxylic acids is 1. The Morgan fingerprint density at radius 2 is 1.86 bits per heavy atom. The van der Waals surface area contributed by atoms with E-state index in [-0.39, 0.29) is 5.91 Å². The fourth-order valence-corrected chi connectivity index (χ4v) is 4.88. The molecular weight excluding hydrogens is 260 g/mol. The summed E-state index contributed by atoms with van der Waals surface area (Å²) < 4.78 is 0. The van der Waals surface area contributed by atoms with Crippen molar-refractivity contribution in [1.82, 2.24) is 9.80 Å². The first-order chi connectivity index (χ1) is 10.2. The van der Waals surface area contributed by atoms with Crippen LogP contribution in [0.1, 0.15) is 64.7 Å². The summed E-state index contributed by atoms with van der Waals surface area (Å²) in [5, 5.41) is 0. The molecule has 3 fully saturated rings. The Balaban J connectivity index is 1.48. The number of hydrogen-bond acceptors (Lipinski definition) is 2. The second-order valence-electron chi connectivity index (χ2n) is 7.86. The van der Waals surface area contributed by atoms with Gasteiger partial charge in [-0.1, -0.05) is 32.1 Å². The van der Waals surface area contributed by atoms with Gasteiger partial charge in [0.05, 0.1) is 0 Å². The molecular formula is C18H32N2O. The molecule has 1 spiro atoms. The van der Waals surface area contributed by atoms with E-state index in [4.69, 9.17) is 0 Å². The van der Waals surface area contributed by atoms with E-state index in [1.807, 2.05) is 0 Å². The van der Waals surface area contributed by atoms with Crippen molar-refractivity contribution in [3.05, 3.63) is 0 Å². The standard InChI is InChI=1S/C18H32N2O/c1-16(21)20-13-10-18(15-20)9-5-11-19(14-18)12-8-17-6-3-2-4-7-17/h17H,2-15H2,1H3/t18-/m0/s1. The summed E-state index contributed by atoms with van der Waals surface area (Å²) in [4.78, 5) is 16.4. The summed E-state index contributed by atoms with van der Waals surface area (Å²) in [5.41, 5.74) is 0.427. The van der Waals surface area contributed by atoms with E-state index in [2.05, 4.69) is 9.80 Å². The van der Waals surface area contributed by atoms with Gasteiger partial charge in [-0.25, -0.2) is 0 Å².